The second kappa shape index (κ2) is 9.22. The SMILES string of the molecule is CC[n+]1ccccc1.[Cl-].c1ccccc1. The van der Waals surface area contributed by atoms with Gasteiger partial charge >= 0.3 is 0 Å². The van der Waals surface area contributed by atoms with Crippen LogP contribution in [0.2, 0.25) is 0 Å². The molecule has 1 aromatic carbocycles. The first-order valence-electron chi connectivity index (χ1n) is 4.87. The van der Waals surface area contributed by atoms with E-state index in [1.165, 1.54) is 0 Å². The molecule has 0 amide bonds. The van der Waals surface area contributed by atoms with Crippen LogP contribution in [0.5, 0.6) is 0 Å². The van der Waals surface area contributed by atoms with Crippen LogP contribution in [-0.4, -0.2) is 0 Å². The quantitative estimate of drug-likeness (QED) is 0.582. The van der Waals surface area contributed by atoms with E-state index < -0.39 is 0 Å². The van der Waals surface area contributed by atoms with Crippen molar-refractivity contribution in [1.82, 2.24) is 0 Å². The Hall–Kier alpha value is -1.34. The van der Waals surface area contributed by atoms with Crippen molar-refractivity contribution < 1.29 is 17.0 Å². The molecule has 0 radical (unpaired) electrons. The van der Waals surface area contributed by atoms with E-state index in [0.717, 1.165) is 6.54 Å². The maximum Gasteiger partial charge on any atom is 0.168 e. The van der Waals surface area contributed by atoms with Gasteiger partial charge < -0.3 is 12.4 Å². The van der Waals surface area contributed by atoms with Crippen LogP contribution in [0.4, 0.5) is 0 Å². The van der Waals surface area contributed by atoms with Crippen LogP contribution in [0, 0.1) is 0 Å². The third-order valence-corrected chi connectivity index (χ3v) is 1.81. The van der Waals surface area contributed by atoms with Gasteiger partial charge in [-0.1, -0.05) is 42.5 Å². The predicted molar refractivity (Wildman–Crippen MR) is 58.8 cm³/mol. The van der Waals surface area contributed by atoms with Crippen LogP contribution in [-0.2, 0) is 6.54 Å². The minimum Gasteiger partial charge on any atom is -1.00 e. The molecule has 0 bridgehead atoms. The molecule has 0 atom stereocenters. The number of aromatic nitrogens is 1. The molecule has 0 saturated heterocycles. The Bertz CT molecular complexity index is 294. The van der Waals surface area contributed by atoms with Gasteiger partial charge in [-0.15, -0.1) is 0 Å². The molecule has 0 saturated carbocycles. The fourth-order valence-corrected chi connectivity index (χ4v) is 1.03. The number of hydrogen-bond donors (Lipinski definition) is 0. The summed E-state index contributed by atoms with van der Waals surface area (Å²) in [6.45, 7) is 3.18. The molecule has 15 heavy (non-hydrogen) atoms. The highest BCUT2D eigenvalue weighted by molar-refractivity contribution is 4.99. The van der Waals surface area contributed by atoms with Crippen LogP contribution in [0.3, 0.4) is 0 Å². The third-order valence-electron chi connectivity index (χ3n) is 1.81. The number of hydrogen-bond acceptors (Lipinski definition) is 0. The van der Waals surface area contributed by atoms with Crippen molar-refractivity contribution >= 4 is 0 Å². The molecule has 2 aromatic rings. The van der Waals surface area contributed by atoms with E-state index in [-0.39, 0.29) is 12.4 Å². The van der Waals surface area contributed by atoms with Crippen molar-refractivity contribution in [3.63, 3.8) is 0 Å². The van der Waals surface area contributed by atoms with Crippen molar-refractivity contribution in [3.05, 3.63) is 67.0 Å². The molecule has 1 heterocycles. The molecular formula is C13H16ClN. The molecule has 1 nitrogen and oxygen atoms in total. The minimum absolute atomic E-state index is 0. The minimum atomic E-state index is 0. The molecule has 0 fully saturated rings. The average molecular weight is 222 g/mol. The number of halogens is 1. The van der Waals surface area contributed by atoms with Gasteiger partial charge in [0.15, 0.2) is 12.4 Å². The molecule has 0 N–H and O–H groups in total. The normalized spacial score (nSPS) is 8.07. The summed E-state index contributed by atoms with van der Waals surface area (Å²) in [6, 6.07) is 18.1. The van der Waals surface area contributed by atoms with Crippen LogP contribution < -0.4 is 17.0 Å². The molecule has 0 unspecified atom stereocenters. The Morgan fingerprint density at radius 3 is 1.27 bits per heavy atom. The monoisotopic (exact) mass is 221 g/mol. The summed E-state index contributed by atoms with van der Waals surface area (Å²) < 4.78 is 2.12. The Labute approximate surface area is 97.8 Å². The van der Waals surface area contributed by atoms with E-state index in [0.29, 0.717) is 0 Å². The molecule has 0 spiro atoms. The Balaban J connectivity index is 0.000000253. The van der Waals surface area contributed by atoms with E-state index in [1.54, 1.807) is 0 Å². The van der Waals surface area contributed by atoms with Gasteiger partial charge in [-0.2, -0.15) is 0 Å². The predicted octanol–water partition coefficient (Wildman–Crippen LogP) is -0.315. The number of benzene rings is 1. The first kappa shape index (κ1) is 13.7. The van der Waals surface area contributed by atoms with Crippen molar-refractivity contribution in [2.75, 3.05) is 0 Å². The van der Waals surface area contributed by atoms with E-state index in [1.807, 2.05) is 54.6 Å². The van der Waals surface area contributed by atoms with Crippen molar-refractivity contribution in [3.8, 4) is 0 Å². The Morgan fingerprint density at radius 1 is 0.667 bits per heavy atom. The highest BCUT2D eigenvalue weighted by Crippen LogP contribution is 1.79. The Morgan fingerprint density at radius 2 is 1.00 bits per heavy atom. The van der Waals surface area contributed by atoms with Crippen LogP contribution >= 0.6 is 0 Å². The molecule has 2 rings (SSSR count). The average Bonchev–Trinajstić information content (AvgIpc) is 2.33. The summed E-state index contributed by atoms with van der Waals surface area (Å²) in [5.41, 5.74) is 0. The van der Waals surface area contributed by atoms with Gasteiger partial charge in [-0.25, -0.2) is 4.57 Å². The van der Waals surface area contributed by atoms with Gasteiger partial charge in [0.1, 0.15) is 6.54 Å². The summed E-state index contributed by atoms with van der Waals surface area (Å²) in [4.78, 5) is 0. The highest BCUT2D eigenvalue weighted by Gasteiger charge is 1.86. The van der Waals surface area contributed by atoms with Crippen molar-refractivity contribution in [1.29, 1.82) is 0 Å². The zero-order valence-corrected chi connectivity index (χ0v) is 9.64. The van der Waals surface area contributed by atoms with Crippen molar-refractivity contribution in [2.45, 2.75) is 13.5 Å². The lowest BCUT2D eigenvalue weighted by Gasteiger charge is -1.84. The van der Waals surface area contributed by atoms with Crippen LogP contribution in [0.15, 0.2) is 67.0 Å². The lowest BCUT2D eigenvalue weighted by Crippen LogP contribution is -3.00. The van der Waals surface area contributed by atoms with Gasteiger partial charge in [0, 0.05) is 12.1 Å². The fourth-order valence-electron chi connectivity index (χ4n) is 1.03. The van der Waals surface area contributed by atoms with E-state index in [2.05, 4.69) is 23.9 Å². The fraction of sp³-hybridized carbons (Fsp3) is 0.154. The summed E-state index contributed by atoms with van der Waals surface area (Å²) >= 11 is 0. The summed E-state index contributed by atoms with van der Waals surface area (Å²) in [5.74, 6) is 0. The van der Waals surface area contributed by atoms with Gasteiger partial charge in [-0.3, -0.25) is 0 Å². The first-order valence-corrected chi connectivity index (χ1v) is 4.87. The number of pyridine rings is 1. The molecule has 1 aromatic heterocycles. The Kier molecular flexibility index (Phi) is 8.40. The second-order valence-electron chi connectivity index (χ2n) is 2.86. The topological polar surface area (TPSA) is 3.88 Å². The number of aryl methyl sites for hydroxylation is 1. The van der Waals surface area contributed by atoms with Crippen LogP contribution in [0.1, 0.15) is 6.92 Å². The second-order valence-corrected chi connectivity index (χ2v) is 2.86. The maximum atomic E-state index is 2.12. The zero-order chi connectivity index (χ0) is 10.1. The summed E-state index contributed by atoms with van der Waals surface area (Å²) in [5, 5.41) is 0. The van der Waals surface area contributed by atoms with Gasteiger partial charge in [0.25, 0.3) is 0 Å². The number of nitrogens with zero attached hydrogens (tertiary/aromatic N) is 1. The largest absolute Gasteiger partial charge is 1.00 e. The molecule has 0 aliphatic carbocycles. The van der Waals surface area contributed by atoms with Gasteiger partial charge in [0.05, 0.1) is 0 Å². The maximum absolute atomic E-state index is 2.12. The van der Waals surface area contributed by atoms with Gasteiger partial charge in [0.2, 0.25) is 0 Å². The summed E-state index contributed by atoms with van der Waals surface area (Å²) in [7, 11) is 0. The molecule has 0 aliphatic heterocycles. The van der Waals surface area contributed by atoms with E-state index >= 15 is 0 Å². The van der Waals surface area contributed by atoms with Gasteiger partial charge in [-0.05, 0) is 6.92 Å². The molecule has 2 heteroatoms. The van der Waals surface area contributed by atoms with E-state index in [4.69, 9.17) is 0 Å². The summed E-state index contributed by atoms with van der Waals surface area (Å²) in [6.07, 6.45) is 4.11. The standard InChI is InChI=1S/C7H10N.C6H6.ClH/c1-2-8-6-4-3-5-7-8;1-2-4-6-5-3-1;/h3-7H,2H2,1H3;1-6H;1H/q+1;;/p-1. The first-order chi connectivity index (χ1) is 6.93. The van der Waals surface area contributed by atoms with E-state index in [9.17, 15) is 0 Å². The molecule has 0 aliphatic rings. The lowest BCUT2D eigenvalue weighted by molar-refractivity contribution is -0.693. The zero-order valence-electron chi connectivity index (χ0n) is 8.88. The molecule has 80 valence electrons. The third kappa shape index (κ3) is 6.69. The molecular weight excluding hydrogens is 206 g/mol. The number of rotatable bonds is 1. The van der Waals surface area contributed by atoms with Crippen molar-refractivity contribution in [2.24, 2.45) is 0 Å². The smallest absolute Gasteiger partial charge is 0.168 e. The van der Waals surface area contributed by atoms with Crippen LogP contribution in [0.25, 0.3) is 0 Å². The lowest BCUT2D eigenvalue weighted by atomic mass is 10.4. The highest BCUT2D eigenvalue weighted by atomic mass is 35.5.